The Morgan fingerprint density at radius 3 is 2.72 bits per heavy atom. The van der Waals surface area contributed by atoms with Gasteiger partial charge in [-0.15, -0.1) is 35.3 Å². The number of nitrogens with zero attached hydrogens (tertiary/aromatic N) is 2. The topological polar surface area (TPSA) is 84.8 Å². The van der Waals surface area contributed by atoms with E-state index in [2.05, 4.69) is 20.6 Å². The Kier molecular flexibility index (Phi) is 12.7. The van der Waals surface area contributed by atoms with E-state index in [1.165, 1.54) is 43.4 Å². The lowest BCUT2D eigenvalue weighted by Crippen LogP contribution is -2.39. The monoisotopic (exact) mass is 538 g/mol. The van der Waals surface area contributed by atoms with E-state index in [4.69, 9.17) is 9.47 Å². The summed E-state index contributed by atoms with van der Waals surface area (Å²) in [5.74, 6) is 0.409. The molecule has 1 aliphatic rings. The molecule has 0 amide bonds. The molecule has 2 rings (SSSR count). The van der Waals surface area contributed by atoms with Gasteiger partial charge in [-0.25, -0.2) is 9.78 Å². The van der Waals surface area contributed by atoms with Gasteiger partial charge in [-0.3, -0.25) is 4.99 Å². The zero-order valence-electron chi connectivity index (χ0n) is 18.0. The summed E-state index contributed by atoms with van der Waals surface area (Å²) in [5.41, 5.74) is 0.704. The van der Waals surface area contributed by atoms with Gasteiger partial charge in [0.05, 0.1) is 24.4 Å². The fourth-order valence-corrected chi connectivity index (χ4v) is 4.17. The van der Waals surface area contributed by atoms with Crippen molar-refractivity contribution >= 4 is 47.2 Å². The van der Waals surface area contributed by atoms with E-state index < -0.39 is 0 Å². The summed E-state index contributed by atoms with van der Waals surface area (Å²) in [6.45, 7) is 7.57. The number of nitrogens with one attached hydrogen (secondary N) is 2. The standard InChI is InChI=1S/C20H34N4O3S.HI/c1-5-26-19(25)17-14(2)23-18(28-17)15(3)24-20(21-4)22-12-9-13-27-16-10-7-6-8-11-16;/h15-16H,5-13H2,1-4H3,(H2,21,22,24);1H. The zero-order chi connectivity index (χ0) is 20.4. The number of aryl methyl sites for hydroxylation is 1. The van der Waals surface area contributed by atoms with Gasteiger partial charge >= 0.3 is 5.97 Å². The molecule has 0 aromatic carbocycles. The van der Waals surface area contributed by atoms with E-state index in [0.717, 1.165) is 30.5 Å². The maximum absolute atomic E-state index is 12.0. The largest absolute Gasteiger partial charge is 0.462 e. The molecule has 0 saturated heterocycles. The van der Waals surface area contributed by atoms with Crippen LogP contribution in [0, 0.1) is 6.92 Å². The number of esters is 1. The zero-order valence-corrected chi connectivity index (χ0v) is 21.1. The van der Waals surface area contributed by atoms with Crippen LogP contribution in [0.5, 0.6) is 0 Å². The molecule has 1 aromatic heterocycles. The van der Waals surface area contributed by atoms with E-state index in [0.29, 0.717) is 23.3 Å². The van der Waals surface area contributed by atoms with Crippen LogP contribution in [-0.4, -0.2) is 49.8 Å². The van der Waals surface area contributed by atoms with Gasteiger partial charge in [0, 0.05) is 20.2 Å². The number of thiazole rings is 1. The van der Waals surface area contributed by atoms with Crippen LogP contribution in [0.1, 0.15) is 78.8 Å². The van der Waals surface area contributed by atoms with Gasteiger partial charge in [0.15, 0.2) is 5.96 Å². The summed E-state index contributed by atoms with van der Waals surface area (Å²) in [6.07, 6.45) is 7.74. The average molecular weight is 538 g/mol. The molecule has 9 heteroatoms. The molecule has 0 radical (unpaired) electrons. The number of hydrogen-bond donors (Lipinski definition) is 2. The predicted molar refractivity (Wildman–Crippen MR) is 129 cm³/mol. The normalized spacial score (nSPS) is 16.1. The molecule has 0 aliphatic heterocycles. The average Bonchev–Trinajstić information content (AvgIpc) is 3.09. The van der Waals surface area contributed by atoms with Gasteiger partial charge in [-0.1, -0.05) is 19.3 Å². The van der Waals surface area contributed by atoms with Crippen LogP contribution < -0.4 is 10.6 Å². The lowest BCUT2D eigenvalue weighted by molar-refractivity contribution is 0.0277. The molecule has 1 heterocycles. The maximum Gasteiger partial charge on any atom is 0.350 e. The van der Waals surface area contributed by atoms with E-state index >= 15 is 0 Å². The quantitative estimate of drug-likeness (QED) is 0.161. The summed E-state index contributed by atoms with van der Waals surface area (Å²) in [7, 11) is 1.75. The second-order valence-electron chi connectivity index (χ2n) is 7.04. The number of halogens is 1. The second kappa shape index (κ2) is 14.1. The number of aromatic nitrogens is 1. The Balaban J connectivity index is 0.00000420. The number of guanidine groups is 1. The number of carbonyl (C=O) groups excluding carboxylic acids is 1. The van der Waals surface area contributed by atoms with Crippen LogP contribution in [-0.2, 0) is 9.47 Å². The van der Waals surface area contributed by atoms with Crippen LogP contribution in [0.2, 0.25) is 0 Å². The fourth-order valence-electron chi connectivity index (χ4n) is 3.21. The summed E-state index contributed by atoms with van der Waals surface area (Å²) < 4.78 is 11.0. The van der Waals surface area contributed by atoms with Gasteiger partial charge in [0.1, 0.15) is 9.88 Å². The van der Waals surface area contributed by atoms with Crippen molar-refractivity contribution in [1.29, 1.82) is 0 Å². The van der Waals surface area contributed by atoms with Crippen LogP contribution in [0.25, 0.3) is 0 Å². The third kappa shape index (κ3) is 8.75. The Morgan fingerprint density at radius 1 is 1.34 bits per heavy atom. The molecule has 166 valence electrons. The van der Waals surface area contributed by atoms with E-state index in [1.54, 1.807) is 14.0 Å². The molecule has 1 atom stereocenters. The lowest BCUT2D eigenvalue weighted by Gasteiger charge is -2.22. The van der Waals surface area contributed by atoms with Crippen molar-refractivity contribution in [3.63, 3.8) is 0 Å². The highest BCUT2D eigenvalue weighted by molar-refractivity contribution is 14.0. The van der Waals surface area contributed by atoms with Gasteiger partial charge in [0.25, 0.3) is 0 Å². The van der Waals surface area contributed by atoms with Gasteiger partial charge in [0.2, 0.25) is 0 Å². The number of hydrogen-bond acceptors (Lipinski definition) is 6. The highest BCUT2D eigenvalue weighted by atomic mass is 127. The van der Waals surface area contributed by atoms with Crippen molar-refractivity contribution in [2.75, 3.05) is 26.8 Å². The first-order chi connectivity index (χ1) is 13.5. The fraction of sp³-hybridized carbons (Fsp3) is 0.750. The van der Waals surface area contributed by atoms with E-state index in [-0.39, 0.29) is 36.0 Å². The molecule has 0 spiro atoms. The molecular weight excluding hydrogens is 503 g/mol. The van der Waals surface area contributed by atoms with Crippen LogP contribution in [0.15, 0.2) is 4.99 Å². The van der Waals surface area contributed by atoms with E-state index in [1.807, 2.05) is 13.8 Å². The Morgan fingerprint density at radius 2 is 2.07 bits per heavy atom. The van der Waals surface area contributed by atoms with Crippen molar-refractivity contribution in [2.45, 2.75) is 71.4 Å². The van der Waals surface area contributed by atoms with Crippen LogP contribution in [0.3, 0.4) is 0 Å². The first kappa shape index (κ1) is 26.1. The third-order valence-electron chi connectivity index (χ3n) is 4.74. The third-order valence-corrected chi connectivity index (χ3v) is 6.06. The molecule has 2 N–H and O–H groups in total. The van der Waals surface area contributed by atoms with Crippen molar-refractivity contribution in [2.24, 2.45) is 4.99 Å². The van der Waals surface area contributed by atoms with Gasteiger partial charge < -0.3 is 20.1 Å². The molecular formula is C20H35IN4O3S. The molecule has 1 fully saturated rings. The summed E-state index contributed by atoms with van der Waals surface area (Å²) in [4.78, 5) is 21.3. The molecule has 29 heavy (non-hydrogen) atoms. The van der Waals surface area contributed by atoms with Crippen LogP contribution >= 0.6 is 35.3 Å². The maximum atomic E-state index is 12.0. The predicted octanol–water partition coefficient (Wildman–Crippen LogP) is 4.21. The van der Waals surface area contributed by atoms with Gasteiger partial charge in [-0.2, -0.15) is 0 Å². The number of carbonyl (C=O) groups is 1. The second-order valence-corrected chi connectivity index (χ2v) is 8.07. The highest BCUT2D eigenvalue weighted by Gasteiger charge is 2.20. The summed E-state index contributed by atoms with van der Waals surface area (Å²) in [6, 6.07) is -0.0587. The number of rotatable bonds is 9. The number of aliphatic imine (C=N–C) groups is 1. The number of ether oxygens (including phenoxy) is 2. The first-order valence-corrected chi connectivity index (χ1v) is 11.1. The molecule has 1 aliphatic carbocycles. The summed E-state index contributed by atoms with van der Waals surface area (Å²) in [5, 5.41) is 7.48. The first-order valence-electron chi connectivity index (χ1n) is 10.3. The van der Waals surface area contributed by atoms with Crippen molar-refractivity contribution in [3.05, 3.63) is 15.6 Å². The molecule has 7 nitrogen and oxygen atoms in total. The molecule has 1 saturated carbocycles. The molecule has 0 bridgehead atoms. The molecule has 1 aromatic rings. The minimum absolute atomic E-state index is 0. The van der Waals surface area contributed by atoms with Crippen molar-refractivity contribution < 1.29 is 14.3 Å². The minimum atomic E-state index is -0.309. The summed E-state index contributed by atoms with van der Waals surface area (Å²) >= 11 is 1.36. The SMILES string of the molecule is CCOC(=O)c1sc(C(C)NC(=NC)NCCCOC2CCCCC2)nc1C.I. The Hall–Kier alpha value is -0.940. The Bertz CT molecular complexity index is 648. The Labute approximate surface area is 195 Å². The van der Waals surface area contributed by atoms with Crippen molar-refractivity contribution in [1.82, 2.24) is 15.6 Å². The minimum Gasteiger partial charge on any atom is -0.462 e. The van der Waals surface area contributed by atoms with Crippen LogP contribution in [0.4, 0.5) is 0 Å². The highest BCUT2D eigenvalue weighted by Crippen LogP contribution is 2.24. The smallest absolute Gasteiger partial charge is 0.350 e. The molecule has 1 unspecified atom stereocenters. The van der Waals surface area contributed by atoms with Crippen molar-refractivity contribution in [3.8, 4) is 0 Å². The van der Waals surface area contributed by atoms with Gasteiger partial charge in [-0.05, 0) is 40.0 Å². The van der Waals surface area contributed by atoms with E-state index in [9.17, 15) is 4.79 Å². The lowest BCUT2D eigenvalue weighted by atomic mass is 9.98.